The van der Waals surface area contributed by atoms with Gasteiger partial charge >= 0.3 is 6.03 Å². The number of nitrogens with one attached hydrogen (secondary N) is 3. The van der Waals surface area contributed by atoms with Crippen LogP contribution in [0.5, 0.6) is 0 Å². The predicted molar refractivity (Wildman–Crippen MR) is 79.8 cm³/mol. The molecule has 5 nitrogen and oxygen atoms in total. The van der Waals surface area contributed by atoms with Crippen LogP contribution in [0.25, 0.3) is 0 Å². The number of amides is 2. The highest BCUT2D eigenvalue weighted by molar-refractivity contribution is 5.95. The zero-order valence-corrected chi connectivity index (χ0v) is 10.9. The summed E-state index contributed by atoms with van der Waals surface area (Å²) in [5.74, 6) is 0.0144. The van der Waals surface area contributed by atoms with Crippen LogP contribution in [0, 0.1) is 5.41 Å². The Hall–Kier alpha value is -2.82. The minimum absolute atomic E-state index is 0.0144. The van der Waals surface area contributed by atoms with Crippen molar-refractivity contribution in [3.05, 3.63) is 65.7 Å². The van der Waals surface area contributed by atoms with Gasteiger partial charge in [-0.05, 0) is 23.8 Å². The lowest BCUT2D eigenvalue weighted by Gasteiger charge is -2.08. The first kappa shape index (κ1) is 13.6. The van der Waals surface area contributed by atoms with Gasteiger partial charge in [-0.3, -0.25) is 5.41 Å². The van der Waals surface area contributed by atoms with E-state index in [-0.39, 0.29) is 11.9 Å². The number of para-hydroxylation sites is 1. The minimum Gasteiger partial charge on any atom is -0.384 e. The van der Waals surface area contributed by atoms with E-state index >= 15 is 0 Å². The summed E-state index contributed by atoms with van der Waals surface area (Å²) in [6.45, 7) is 0.375. The van der Waals surface area contributed by atoms with E-state index in [1.54, 1.807) is 12.1 Å². The van der Waals surface area contributed by atoms with Gasteiger partial charge in [-0.1, -0.05) is 36.4 Å². The number of carbonyl (C=O) groups is 1. The van der Waals surface area contributed by atoms with Crippen molar-refractivity contribution in [3.63, 3.8) is 0 Å². The second-order valence-electron chi connectivity index (χ2n) is 4.29. The van der Waals surface area contributed by atoms with Crippen LogP contribution in [0.3, 0.4) is 0 Å². The van der Waals surface area contributed by atoms with Crippen molar-refractivity contribution < 1.29 is 4.79 Å². The van der Waals surface area contributed by atoms with E-state index in [1.807, 2.05) is 42.5 Å². The second kappa shape index (κ2) is 6.38. The molecule has 0 saturated carbocycles. The van der Waals surface area contributed by atoms with E-state index in [4.69, 9.17) is 11.1 Å². The third kappa shape index (κ3) is 3.84. The maximum absolute atomic E-state index is 11.7. The van der Waals surface area contributed by atoms with Gasteiger partial charge < -0.3 is 16.4 Å². The molecule has 0 saturated heterocycles. The fraction of sp³-hybridized carbons (Fsp3) is 0.0667. The van der Waals surface area contributed by atoms with Gasteiger partial charge in [0, 0.05) is 17.8 Å². The lowest BCUT2D eigenvalue weighted by Crippen LogP contribution is -2.28. The molecule has 0 radical (unpaired) electrons. The zero-order chi connectivity index (χ0) is 14.4. The summed E-state index contributed by atoms with van der Waals surface area (Å²) in [7, 11) is 0. The van der Waals surface area contributed by atoms with Crippen molar-refractivity contribution in [2.75, 3.05) is 5.32 Å². The summed E-state index contributed by atoms with van der Waals surface area (Å²) in [6.07, 6.45) is 0. The maximum Gasteiger partial charge on any atom is 0.319 e. The summed E-state index contributed by atoms with van der Waals surface area (Å²) in [4.78, 5) is 11.7. The van der Waals surface area contributed by atoms with Crippen molar-refractivity contribution in [3.8, 4) is 0 Å². The van der Waals surface area contributed by atoms with Gasteiger partial charge in [0.05, 0.1) is 0 Å². The smallest absolute Gasteiger partial charge is 0.319 e. The zero-order valence-electron chi connectivity index (χ0n) is 10.9. The van der Waals surface area contributed by atoms with E-state index in [0.29, 0.717) is 12.1 Å². The predicted octanol–water partition coefficient (Wildman–Crippen LogP) is 2.29. The van der Waals surface area contributed by atoms with Gasteiger partial charge in [-0.2, -0.15) is 0 Å². The molecule has 0 atom stereocenters. The number of amidine groups is 1. The first-order chi connectivity index (χ1) is 9.65. The van der Waals surface area contributed by atoms with Crippen LogP contribution in [0.4, 0.5) is 10.5 Å². The van der Waals surface area contributed by atoms with Crippen LogP contribution in [0.1, 0.15) is 11.1 Å². The first-order valence-electron chi connectivity index (χ1n) is 6.18. The van der Waals surface area contributed by atoms with Crippen molar-refractivity contribution in [2.24, 2.45) is 5.73 Å². The van der Waals surface area contributed by atoms with Gasteiger partial charge in [0.1, 0.15) is 5.84 Å². The average molecular weight is 268 g/mol. The fourth-order valence-corrected chi connectivity index (χ4v) is 1.73. The van der Waals surface area contributed by atoms with Crippen LogP contribution >= 0.6 is 0 Å². The molecule has 0 aliphatic carbocycles. The Morgan fingerprint density at radius 1 is 1.10 bits per heavy atom. The van der Waals surface area contributed by atoms with Crippen molar-refractivity contribution in [2.45, 2.75) is 6.54 Å². The molecule has 0 aliphatic heterocycles. The standard InChI is InChI=1S/C15H16N4O/c16-14(17)12-6-4-5-11(9-12)10-18-15(20)19-13-7-2-1-3-8-13/h1-9H,10H2,(H3,16,17)(H2,18,19,20). The summed E-state index contributed by atoms with van der Waals surface area (Å²) in [6, 6.07) is 16.2. The Labute approximate surface area is 117 Å². The van der Waals surface area contributed by atoms with Crippen LogP contribution in [0.2, 0.25) is 0 Å². The molecule has 0 spiro atoms. The van der Waals surface area contributed by atoms with Crippen molar-refractivity contribution in [1.29, 1.82) is 5.41 Å². The molecule has 5 heteroatoms. The van der Waals surface area contributed by atoms with Gasteiger partial charge in [0.2, 0.25) is 0 Å². The van der Waals surface area contributed by atoms with E-state index in [9.17, 15) is 4.79 Å². The van der Waals surface area contributed by atoms with Crippen molar-refractivity contribution >= 4 is 17.6 Å². The van der Waals surface area contributed by atoms with Crippen LogP contribution < -0.4 is 16.4 Å². The van der Waals surface area contributed by atoms with Gasteiger partial charge in [-0.25, -0.2) is 4.79 Å². The molecular weight excluding hydrogens is 252 g/mol. The van der Waals surface area contributed by atoms with E-state index < -0.39 is 0 Å². The normalized spacial score (nSPS) is 9.80. The number of urea groups is 1. The molecular formula is C15H16N4O. The molecule has 5 N–H and O–H groups in total. The minimum atomic E-state index is -0.274. The fourth-order valence-electron chi connectivity index (χ4n) is 1.73. The van der Waals surface area contributed by atoms with Crippen LogP contribution in [0.15, 0.2) is 54.6 Å². The lowest BCUT2D eigenvalue weighted by molar-refractivity contribution is 0.251. The highest BCUT2D eigenvalue weighted by Crippen LogP contribution is 2.06. The Balaban J connectivity index is 1.90. The summed E-state index contributed by atoms with van der Waals surface area (Å²) in [5, 5.41) is 12.9. The number of nitrogen functional groups attached to an aromatic ring is 1. The quantitative estimate of drug-likeness (QED) is 0.506. The number of carbonyl (C=O) groups excluding carboxylic acids is 1. The number of benzene rings is 2. The summed E-state index contributed by atoms with van der Waals surface area (Å²) in [5.41, 5.74) is 7.70. The Kier molecular flexibility index (Phi) is 4.34. The third-order valence-corrected chi connectivity index (χ3v) is 2.72. The van der Waals surface area contributed by atoms with E-state index in [0.717, 1.165) is 11.3 Å². The van der Waals surface area contributed by atoms with Gasteiger partial charge in [0.15, 0.2) is 0 Å². The third-order valence-electron chi connectivity index (χ3n) is 2.72. The molecule has 20 heavy (non-hydrogen) atoms. The topological polar surface area (TPSA) is 91.0 Å². The van der Waals surface area contributed by atoms with Crippen molar-refractivity contribution in [1.82, 2.24) is 5.32 Å². The Bertz CT molecular complexity index is 610. The molecule has 2 amide bonds. The summed E-state index contributed by atoms with van der Waals surface area (Å²) >= 11 is 0. The molecule has 2 aromatic carbocycles. The van der Waals surface area contributed by atoms with Crippen LogP contribution in [-0.2, 0) is 6.54 Å². The summed E-state index contributed by atoms with van der Waals surface area (Å²) < 4.78 is 0. The van der Waals surface area contributed by atoms with Gasteiger partial charge in [0.25, 0.3) is 0 Å². The molecule has 102 valence electrons. The number of nitrogens with two attached hydrogens (primary N) is 1. The molecule has 0 aliphatic rings. The van der Waals surface area contributed by atoms with Gasteiger partial charge in [-0.15, -0.1) is 0 Å². The Morgan fingerprint density at radius 3 is 2.55 bits per heavy atom. The molecule has 0 bridgehead atoms. The molecule has 2 aromatic rings. The number of hydrogen-bond donors (Lipinski definition) is 4. The highest BCUT2D eigenvalue weighted by atomic mass is 16.2. The van der Waals surface area contributed by atoms with E-state index in [2.05, 4.69) is 10.6 Å². The molecule has 2 rings (SSSR count). The Morgan fingerprint density at radius 2 is 1.85 bits per heavy atom. The first-order valence-corrected chi connectivity index (χ1v) is 6.18. The molecule has 0 fully saturated rings. The highest BCUT2D eigenvalue weighted by Gasteiger charge is 2.02. The second-order valence-corrected chi connectivity index (χ2v) is 4.29. The SMILES string of the molecule is N=C(N)c1cccc(CNC(=O)Nc2ccccc2)c1. The number of rotatable bonds is 4. The largest absolute Gasteiger partial charge is 0.384 e. The van der Waals surface area contributed by atoms with E-state index in [1.165, 1.54) is 0 Å². The lowest BCUT2D eigenvalue weighted by atomic mass is 10.1. The average Bonchev–Trinajstić information content (AvgIpc) is 2.46. The molecule has 0 unspecified atom stereocenters. The van der Waals surface area contributed by atoms with Crippen LogP contribution in [-0.4, -0.2) is 11.9 Å². The maximum atomic E-state index is 11.7. The number of hydrogen-bond acceptors (Lipinski definition) is 2. The number of anilines is 1. The monoisotopic (exact) mass is 268 g/mol. The molecule has 0 aromatic heterocycles. The molecule has 0 heterocycles.